The summed E-state index contributed by atoms with van der Waals surface area (Å²) in [6.45, 7) is 7.07. The molecule has 0 aliphatic heterocycles. The normalized spacial score (nSPS) is 12.5. The van der Waals surface area contributed by atoms with Crippen molar-refractivity contribution in [2.75, 3.05) is 18.6 Å². The summed E-state index contributed by atoms with van der Waals surface area (Å²) in [5.74, 6) is 2.20. The Morgan fingerprint density at radius 3 is 2.39 bits per heavy atom. The quantitative estimate of drug-likeness (QED) is 0.770. The van der Waals surface area contributed by atoms with E-state index < -0.39 is 0 Å². The summed E-state index contributed by atoms with van der Waals surface area (Å²) in [5, 5.41) is 0. The number of nitrogens with two attached hydrogens (primary N) is 1. The van der Waals surface area contributed by atoms with Gasteiger partial charge in [-0.1, -0.05) is 12.1 Å². The minimum absolute atomic E-state index is 0.206. The second-order valence-electron chi connectivity index (χ2n) is 4.93. The molecule has 0 aromatic heterocycles. The van der Waals surface area contributed by atoms with Gasteiger partial charge in [0.25, 0.3) is 0 Å². The van der Waals surface area contributed by atoms with Gasteiger partial charge in [0.05, 0.1) is 6.61 Å². The summed E-state index contributed by atoms with van der Waals surface area (Å²) in [7, 11) is 0. The highest BCUT2D eigenvalue weighted by molar-refractivity contribution is 7.98. The summed E-state index contributed by atoms with van der Waals surface area (Å²) >= 11 is 1.86. The van der Waals surface area contributed by atoms with Gasteiger partial charge in [-0.05, 0) is 62.3 Å². The van der Waals surface area contributed by atoms with E-state index in [1.54, 1.807) is 0 Å². The van der Waals surface area contributed by atoms with E-state index in [-0.39, 0.29) is 6.04 Å². The van der Waals surface area contributed by atoms with E-state index >= 15 is 0 Å². The summed E-state index contributed by atoms with van der Waals surface area (Å²) < 4.78 is 5.89. The van der Waals surface area contributed by atoms with Gasteiger partial charge in [0.1, 0.15) is 5.75 Å². The van der Waals surface area contributed by atoms with Gasteiger partial charge in [0.15, 0.2) is 0 Å². The number of ether oxygens (including phenoxy) is 1. The first-order valence-electron chi connectivity index (χ1n) is 6.52. The maximum absolute atomic E-state index is 5.89. The van der Waals surface area contributed by atoms with E-state index in [0.717, 1.165) is 31.0 Å². The number of aryl methyl sites for hydroxylation is 2. The number of hydrogen-bond acceptors (Lipinski definition) is 3. The second kappa shape index (κ2) is 7.70. The van der Waals surface area contributed by atoms with E-state index in [1.165, 1.54) is 16.7 Å². The molecule has 0 bridgehead atoms. The monoisotopic (exact) mass is 267 g/mol. The van der Waals surface area contributed by atoms with Crippen LogP contribution in [0, 0.1) is 13.8 Å². The van der Waals surface area contributed by atoms with Crippen molar-refractivity contribution in [1.82, 2.24) is 0 Å². The van der Waals surface area contributed by atoms with Crippen LogP contribution < -0.4 is 10.5 Å². The van der Waals surface area contributed by atoms with E-state index in [1.807, 2.05) is 18.7 Å². The number of hydrogen-bond donors (Lipinski definition) is 1. The van der Waals surface area contributed by atoms with E-state index in [4.69, 9.17) is 10.5 Å². The summed E-state index contributed by atoms with van der Waals surface area (Å²) in [4.78, 5) is 0. The lowest BCUT2D eigenvalue weighted by molar-refractivity contribution is 0.314. The molecule has 0 fully saturated rings. The van der Waals surface area contributed by atoms with Gasteiger partial charge in [0.2, 0.25) is 0 Å². The van der Waals surface area contributed by atoms with Crippen molar-refractivity contribution >= 4 is 11.8 Å². The molecule has 18 heavy (non-hydrogen) atoms. The molecule has 0 amide bonds. The molecule has 3 heteroatoms. The van der Waals surface area contributed by atoms with Crippen LogP contribution in [0.5, 0.6) is 5.75 Å². The maximum atomic E-state index is 5.89. The first-order valence-corrected chi connectivity index (χ1v) is 7.91. The van der Waals surface area contributed by atoms with E-state index in [9.17, 15) is 0 Å². The molecular formula is C15H25NOS. The minimum atomic E-state index is 0.206. The molecule has 0 saturated carbocycles. The van der Waals surface area contributed by atoms with Crippen molar-refractivity contribution in [3.63, 3.8) is 0 Å². The van der Waals surface area contributed by atoms with Gasteiger partial charge in [-0.25, -0.2) is 0 Å². The second-order valence-corrected chi connectivity index (χ2v) is 5.92. The molecule has 1 rings (SSSR count). The van der Waals surface area contributed by atoms with Crippen LogP contribution >= 0.6 is 11.8 Å². The van der Waals surface area contributed by atoms with Gasteiger partial charge in [0, 0.05) is 6.04 Å². The lowest BCUT2D eigenvalue weighted by Crippen LogP contribution is -2.18. The van der Waals surface area contributed by atoms with Crippen molar-refractivity contribution < 1.29 is 4.74 Å². The summed E-state index contributed by atoms with van der Waals surface area (Å²) in [5.41, 5.74) is 9.58. The number of rotatable bonds is 7. The van der Waals surface area contributed by atoms with Gasteiger partial charge < -0.3 is 10.5 Å². The van der Waals surface area contributed by atoms with Crippen LogP contribution in [0.2, 0.25) is 0 Å². The summed E-state index contributed by atoms with van der Waals surface area (Å²) in [6.07, 6.45) is 4.15. The van der Waals surface area contributed by atoms with Crippen molar-refractivity contribution in [3.05, 3.63) is 28.8 Å². The molecule has 2 N–H and O–H groups in total. The average molecular weight is 267 g/mol. The number of thioether (sulfide) groups is 1. The Morgan fingerprint density at radius 2 is 1.89 bits per heavy atom. The van der Waals surface area contributed by atoms with Crippen LogP contribution in [0.15, 0.2) is 12.1 Å². The molecule has 1 aromatic carbocycles. The number of benzene rings is 1. The Kier molecular flexibility index (Phi) is 6.58. The first kappa shape index (κ1) is 15.4. The predicted octanol–water partition coefficient (Wildman–Crippen LogP) is 3.33. The van der Waals surface area contributed by atoms with Crippen LogP contribution in [0.25, 0.3) is 0 Å². The molecule has 0 spiro atoms. The SMILES string of the molecule is CSCCCOc1c(C)cc(CC(C)N)cc1C. The molecule has 0 heterocycles. The van der Waals surface area contributed by atoms with Crippen LogP contribution in [-0.4, -0.2) is 24.7 Å². The standard InChI is InChI=1S/C15H25NOS/c1-11-8-14(10-13(3)16)9-12(2)15(11)17-6-5-7-18-4/h8-9,13H,5-7,10,16H2,1-4H3. The highest BCUT2D eigenvalue weighted by Crippen LogP contribution is 2.25. The molecule has 102 valence electrons. The van der Waals surface area contributed by atoms with Crippen LogP contribution in [0.4, 0.5) is 0 Å². The third-order valence-corrected chi connectivity index (χ3v) is 3.51. The average Bonchev–Trinajstić information content (AvgIpc) is 2.26. The molecule has 0 aliphatic carbocycles. The lowest BCUT2D eigenvalue weighted by atomic mass is 10.0. The molecule has 0 saturated heterocycles. The van der Waals surface area contributed by atoms with Crippen LogP contribution in [0.3, 0.4) is 0 Å². The zero-order valence-electron chi connectivity index (χ0n) is 12.0. The van der Waals surface area contributed by atoms with Crippen LogP contribution in [0.1, 0.15) is 30.0 Å². The molecule has 2 nitrogen and oxygen atoms in total. The fraction of sp³-hybridized carbons (Fsp3) is 0.600. The third-order valence-electron chi connectivity index (χ3n) is 2.82. The molecule has 0 radical (unpaired) electrons. The van der Waals surface area contributed by atoms with E-state index in [0.29, 0.717) is 0 Å². The fourth-order valence-electron chi connectivity index (χ4n) is 2.13. The summed E-state index contributed by atoms with van der Waals surface area (Å²) in [6, 6.07) is 4.60. The zero-order valence-corrected chi connectivity index (χ0v) is 12.8. The van der Waals surface area contributed by atoms with Gasteiger partial charge in [-0.2, -0.15) is 11.8 Å². The maximum Gasteiger partial charge on any atom is 0.125 e. The Morgan fingerprint density at radius 1 is 1.28 bits per heavy atom. The Bertz CT molecular complexity index is 354. The topological polar surface area (TPSA) is 35.2 Å². The Balaban J connectivity index is 2.68. The van der Waals surface area contributed by atoms with Gasteiger partial charge in [-0.3, -0.25) is 0 Å². The highest BCUT2D eigenvalue weighted by atomic mass is 32.2. The Hall–Kier alpha value is -0.670. The molecule has 1 aromatic rings. The van der Waals surface area contributed by atoms with Gasteiger partial charge in [-0.15, -0.1) is 0 Å². The predicted molar refractivity (Wildman–Crippen MR) is 81.8 cm³/mol. The molecular weight excluding hydrogens is 242 g/mol. The smallest absolute Gasteiger partial charge is 0.125 e. The molecule has 1 unspecified atom stereocenters. The Labute approximate surface area is 115 Å². The van der Waals surface area contributed by atoms with Crippen molar-refractivity contribution in [2.24, 2.45) is 5.73 Å². The molecule has 0 aliphatic rings. The van der Waals surface area contributed by atoms with Gasteiger partial charge >= 0.3 is 0 Å². The van der Waals surface area contributed by atoms with Crippen molar-refractivity contribution in [1.29, 1.82) is 0 Å². The third kappa shape index (κ3) is 4.91. The van der Waals surface area contributed by atoms with Crippen molar-refractivity contribution in [2.45, 2.75) is 39.7 Å². The van der Waals surface area contributed by atoms with Crippen LogP contribution in [-0.2, 0) is 6.42 Å². The zero-order chi connectivity index (χ0) is 13.5. The van der Waals surface area contributed by atoms with Crippen molar-refractivity contribution in [3.8, 4) is 5.75 Å². The lowest BCUT2D eigenvalue weighted by Gasteiger charge is -2.15. The largest absolute Gasteiger partial charge is 0.493 e. The fourth-order valence-corrected chi connectivity index (χ4v) is 2.54. The molecule has 1 atom stereocenters. The highest BCUT2D eigenvalue weighted by Gasteiger charge is 2.07. The minimum Gasteiger partial charge on any atom is -0.493 e. The van der Waals surface area contributed by atoms with E-state index in [2.05, 4.69) is 32.2 Å². The first-order chi connectivity index (χ1) is 8.54.